The molecule has 21 heavy (non-hydrogen) atoms. The van der Waals surface area contributed by atoms with Gasteiger partial charge in [0.25, 0.3) is 0 Å². The van der Waals surface area contributed by atoms with Crippen LogP contribution in [-0.2, 0) is 6.42 Å². The molecule has 0 amide bonds. The Kier molecular flexibility index (Phi) is 6.26. The number of hydrogen-bond donors (Lipinski definition) is 1. The Bertz CT molecular complexity index is 586. The lowest BCUT2D eigenvalue weighted by Gasteiger charge is -2.05. The lowest BCUT2D eigenvalue weighted by molar-refractivity contribution is 0.542. The normalized spacial score (nSPS) is 11.3. The summed E-state index contributed by atoms with van der Waals surface area (Å²) in [4.78, 5) is 0. The molecule has 0 radical (unpaired) electrons. The van der Waals surface area contributed by atoms with Gasteiger partial charge in [0.2, 0.25) is 0 Å². The van der Waals surface area contributed by atoms with Crippen molar-refractivity contribution in [3.8, 4) is 10.6 Å². The smallest absolute Gasteiger partial charge is 0.150 e. The predicted octanol–water partition coefficient (Wildman–Crippen LogP) is 4.28. The molecule has 0 saturated heterocycles. The van der Waals surface area contributed by atoms with Crippen molar-refractivity contribution in [2.45, 2.75) is 26.7 Å². The van der Waals surface area contributed by atoms with E-state index in [1.54, 1.807) is 18.2 Å². The average molecular weight is 372 g/mol. The molecule has 2 aromatic rings. The van der Waals surface area contributed by atoms with Crippen LogP contribution in [0.3, 0.4) is 0 Å². The van der Waals surface area contributed by atoms with Gasteiger partial charge in [-0.3, -0.25) is 0 Å². The van der Waals surface area contributed by atoms with Crippen molar-refractivity contribution in [1.82, 2.24) is 15.5 Å². The van der Waals surface area contributed by atoms with Crippen LogP contribution < -0.4 is 5.32 Å². The summed E-state index contributed by atoms with van der Waals surface area (Å²) in [5.41, 5.74) is 0.506. The van der Waals surface area contributed by atoms with Crippen LogP contribution in [0, 0.1) is 11.7 Å². The average Bonchev–Trinajstić information content (AvgIpc) is 2.90. The molecule has 3 nitrogen and oxygen atoms in total. The number of rotatable bonds is 7. The predicted molar refractivity (Wildman–Crippen MR) is 89.0 cm³/mol. The van der Waals surface area contributed by atoms with Crippen LogP contribution in [0.1, 0.15) is 25.3 Å². The van der Waals surface area contributed by atoms with Gasteiger partial charge in [-0.2, -0.15) is 0 Å². The maximum Gasteiger partial charge on any atom is 0.150 e. The fraction of sp³-hybridized carbons (Fsp3) is 0.467. The molecule has 114 valence electrons. The van der Waals surface area contributed by atoms with Gasteiger partial charge in [0.1, 0.15) is 10.8 Å². The zero-order valence-corrected chi connectivity index (χ0v) is 14.6. The molecular formula is C15H19BrFN3S. The summed E-state index contributed by atoms with van der Waals surface area (Å²) in [6, 6.07) is 5.22. The van der Waals surface area contributed by atoms with E-state index in [1.807, 2.05) is 0 Å². The second kappa shape index (κ2) is 7.96. The Morgan fingerprint density at radius 2 is 2.14 bits per heavy atom. The standard InChI is InChI=1S/C15H19BrFN3S/c1-10(2)9-18-8-4-7-13-19-20-15(21-13)11-5-3-6-12(16)14(11)17/h3,5-6,10,18H,4,7-9H2,1-2H3. The van der Waals surface area contributed by atoms with Gasteiger partial charge in [-0.05, 0) is 53.5 Å². The Morgan fingerprint density at radius 1 is 1.33 bits per heavy atom. The Hall–Kier alpha value is -0.850. The van der Waals surface area contributed by atoms with Crippen molar-refractivity contribution < 1.29 is 4.39 Å². The number of nitrogens with one attached hydrogen (secondary N) is 1. The molecule has 1 aromatic carbocycles. The maximum absolute atomic E-state index is 14.0. The summed E-state index contributed by atoms with van der Waals surface area (Å²) in [6.07, 6.45) is 1.89. The summed E-state index contributed by atoms with van der Waals surface area (Å²) >= 11 is 4.66. The first-order valence-corrected chi connectivity index (χ1v) is 8.66. The van der Waals surface area contributed by atoms with Crippen molar-refractivity contribution >= 4 is 27.3 Å². The first-order chi connectivity index (χ1) is 10.1. The van der Waals surface area contributed by atoms with Gasteiger partial charge in [0.05, 0.1) is 4.47 Å². The monoisotopic (exact) mass is 371 g/mol. The van der Waals surface area contributed by atoms with Gasteiger partial charge in [-0.25, -0.2) is 4.39 Å². The first-order valence-electron chi connectivity index (χ1n) is 7.05. The van der Waals surface area contributed by atoms with Gasteiger partial charge < -0.3 is 5.32 Å². The van der Waals surface area contributed by atoms with Gasteiger partial charge in [-0.15, -0.1) is 10.2 Å². The molecule has 0 spiro atoms. The fourth-order valence-corrected chi connectivity index (χ4v) is 3.15. The summed E-state index contributed by atoms with van der Waals surface area (Å²) < 4.78 is 14.5. The Morgan fingerprint density at radius 3 is 2.90 bits per heavy atom. The van der Waals surface area contributed by atoms with E-state index in [-0.39, 0.29) is 5.82 Å². The molecular weight excluding hydrogens is 353 g/mol. The molecule has 0 atom stereocenters. The van der Waals surface area contributed by atoms with Crippen LogP contribution in [0.15, 0.2) is 22.7 Å². The number of hydrogen-bond acceptors (Lipinski definition) is 4. The summed E-state index contributed by atoms with van der Waals surface area (Å²) in [5, 5.41) is 13.3. The Balaban J connectivity index is 1.91. The number of nitrogens with zero attached hydrogens (tertiary/aromatic N) is 2. The van der Waals surface area contributed by atoms with Crippen LogP contribution in [0.2, 0.25) is 0 Å². The second-order valence-corrected chi connectivity index (χ2v) is 7.22. The van der Waals surface area contributed by atoms with Crippen LogP contribution in [-0.4, -0.2) is 23.3 Å². The van der Waals surface area contributed by atoms with Gasteiger partial charge in [-0.1, -0.05) is 31.3 Å². The minimum Gasteiger partial charge on any atom is -0.316 e. The van der Waals surface area contributed by atoms with Gasteiger partial charge in [0, 0.05) is 12.0 Å². The van der Waals surface area contributed by atoms with Crippen molar-refractivity contribution in [1.29, 1.82) is 0 Å². The molecule has 6 heteroatoms. The van der Waals surface area contributed by atoms with Crippen LogP contribution in [0.5, 0.6) is 0 Å². The largest absolute Gasteiger partial charge is 0.316 e. The number of aromatic nitrogens is 2. The van der Waals surface area contributed by atoms with E-state index in [2.05, 4.69) is 45.3 Å². The van der Waals surface area contributed by atoms with Gasteiger partial charge in [0.15, 0.2) is 5.01 Å². The molecule has 1 heterocycles. The summed E-state index contributed by atoms with van der Waals surface area (Å²) in [7, 11) is 0. The van der Waals surface area contributed by atoms with Crippen LogP contribution in [0.4, 0.5) is 4.39 Å². The lowest BCUT2D eigenvalue weighted by Crippen LogP contribution is -2.21. The number of aryl methyl sites for hydroxylation is 1. The van der Waals surface area contributed by atoms with Crippen molar-refractivity contribution in [3.63, 3.8) is 0 Å². The summed E-state index contributed by atoms with van der Waals surface area (Å²) in [6.45, 7) is 6.39. The highest BCUT2D eigenvalue weighted by Gasteiger charge is 2.13. The first kappa shape index (κ1) is 16.5. The molecule has 0 unspecified atom stereocenters. The minimum atomic E-state index is -0.279. The molecule has 1 aromatic heterocycles. The topological polar surface area (TPSA) is 37.8 Å². The zero-order valence-electron chi connectivity index (χ0n) is 12.2. The second-order valence-electron chi connectivity index (χ2n) is 5.30. The van der Waals surface area contributed by atoms with Crippen molar-refractivity contribution in [2.24, 2.45) is 5.92 Å². The van der Waals surface area contributed by atoms with E-state index >= 15 is 0 Å². The third-order valence-corrected chi connectivity index (χ3v) is 4.57. The van der Waals surface area contributed by atoms with E-state index in [0.29, 0.717) is 21.0 Å². The molecule has 0 bridgehead atoms. The molecule has 0 fully saturated rings. The van der Waals surface area contributed by atoms with Gasteiger partial charge >= 0.3 is 0 Å². The fourth-order valence-electron chi connectivity index (χ4n) is 1.89. The van der Waals surface area contributed by atoms with E-state index in [1.165, 1.54) is 11.3 Å². The molecule has 0 aliphatic heterocycles. The highest BCUT2D eigenvalue weighted by molar-refractivity contribution is 9.10. The Labute approximate surface area is 137 Å². The molecule has 0 aliphatic carbocycles. The summed E-state index contributed by atoms with van der Waals surface area (Å²) in [5.74, 6) is 0.386. The third kappa shape index (κ3) is 4.83. The van der Waals surface area contributed by atoms with Crippen molar-refractivity contribution in [2.75, 3.05) is 13.1 Å². The van der Waals surface area contributed by atoms with E-state index in [0.717, 1.165) is 30.9 Å². The SMILES string of the molecule is CC(C)CNCCCc1nnc(-c2cccc(Br)c2F)s1. The van der Waals surface area contributed by atoms with Crippen LogP contribution >= 0.6 is 27.3 Å². The van der Waals surface area contributed by atoms with E-state index in [4.69, 9.17) is 0 Å². The maximum atomic E-state index is 14.0. The number of benzene rings is 1. The zero-order chi connectivity index (χ0) is 15.2. The molecule has 2 rings (SSSR count). The highest BCUT2D eigenvalue weighted by atomic mass is 79.9. The third-order valence-electron chi connectivity index (χ3n) is 2.95. The molecule has 0 aliphatic rings. The quantitative estimate of drug-likeness (QED) is 0.737. The molecule has 1 N–H and O–H groups in total. The molecule has 0 saturated carbocycles. The minimum absolute atomic E-state index is 0.279. The van der Waals surface area contributed by atoms with Crippen molar-refractivity contribution in [3.05, 3.63) is 33.5 Å². The highest BCUT2D eigenvalue weighted by Crippen LogP contribution is 2.30. The van der Waals surface area contributed by atoms with E-state index in [9.17, 15) is 4.39 Å². The lowest BCUT2D eigenvalue weighted by atomic mass is 10.2. The van der Waals surface area contributed by atoms with Crippen LogP contribution in [0.25, 0.3) is 10.6 Å². The number of halogens is 2. The van der Waals surface area contributed by atoms with E-state index < -0.39 is 0 Å².